The van der Waals surface area contributed by atoms with Crippen LogP contribution in [0.5, 0.6) is 0 Å². The minimum absolute atomic E-state index is 0. The van der Waals surface area contributed by atoms with Crippen LogP contribution in [0.25, 0.3) is 11.3 Å². The van der Waals surface area contributed by atoms with Crippen molar-refractivity contribution in [1.82, 2.24) is 15.6 Å². The topological polar surface area (TPSA) is 63.2 Å². The van der Waals surface area contributed by atoms with Gasteiger partial charge < -0.3 is 15.4 Å². The quantitative estimate of drug-likeness (QED) is 0.779. The van der Waals surface area contributed by atoms with E-state index in [0.29, 0.717) is 13.2 Å². The Labute approximate surface area is 159 Å². The van der Waals surface area contributed by atoms with Gasteiger partial charge >= 0.3 is 0 Å². The van der Waals surface area contributed by atoms with Crippen LogP contribution in [-0.2, 0) is 9.53 Å². The standard InChI is InChI=1S/C16H18BrN3O2S.ClH/c1-10(19-15(21)14-8-18-6-7-22-14)16-20-13(9-23-16)11-2-4-12(17)5-3-11;/h2-5,9-10,14,18H,6-8H2,1H3,(H,19,21);1H. The first-order valence-corrected chi connectivity index (χ1v) is 9.15. The van der Waals surface area contributed by atoms with Crippen LogP contribution in [0.2, 0.25) is 0 Å². The number of nitrogens with zero attached hydrogens (tertiary/aromatic N) is 1. The molecule has 2 aromatic rings. The van der Waals surface area contributed by atoms with E-state index in [1.54, 1.807) is 11.3 Å². The van der Waals surface area contributed by atoms with Gasteiger partial charge in [0.15, 0.2) is 0 Å². The fourth-order valence-electron chi connectivity index (χ4n) is 2.34. The molecule has 0 saturated carbocycles. The van der Waals surface area contributed by atoms with E-state index in [0.717, 1.165) is 27.3 Å². The average molecular weight is 433 g/mol. The highest BCUT2D eigenvalue weighted by Gasteiger charge is 2.24. The Bertz CT molecular complexity index is 674. The number of ether oxygens (including phenoxy) is 1. The summed E-state index contributed by atoms with van der Waals surface area (Å²) in [5, 5.41) is 9.04. The van der Waals surface area contributed by atoms with Gasteiger partial charge in [0.05, 0.1) is 18.3 Å². The third kappa shape index (κ3) is 4.77. The molecular formula is C16H19BrClN3O2S. The molecule has 1 aliphatic rings. The predicted octanol–water partition coefficient (Wildman–Crippen LogP) is 3.16. The summed E-state index contributed by atoms with van der Waals surface area (Å²) in [6.07, 6.45) is -0.419. The van der Waals surface area contributed by atoms with Crippen LogP contribution >= 0.6 is 39.7 Å². The van der Waals surface area contributed by atoms with Crippen LogP contribution in [0.1, 0.15) is 18.0 Å². The summed E-state index contributed by atoms with van der Waals surface area (Å²) in [6.45, 7) is 3.86. The number of aromatic nitrogens is 1. The lowest BCUT2D eigenvalue weighted by atomic mass is 10.2. The number of benzene rings is 1. The number of nitrogens with one attached hydrogen (secondary N) is 2. The lowest BCUT2D eigenvalue weighted by Gasteiger charge is -2.24. The van der Waals surface area contributed by atoms with Crippen molar-refractivity contribution >= 4 is 45.6 Å². The number of morpholine rings is 1. The second kappa shape index (κ2) is 8.92. The summed E-state index contributed by atoms with van der Waals surface area (Å²) in [5.41, 5.74) is 1.99. The number of halogens is 2. The Kier molecular flexibility index (Phi) is 7.18. The molecule has 1 aromatic heterocycles. The van der Waals surface area contributed by atoms with Crippen molar-refractivity contribution < 1.29 is 9.53 Å². The van der Waals surface area contributed by atoms with Crippen LogP contribution in [0.3, 0.4) is 0 Å². The van der Waals surface area contributed by atoms with Crippen molar-refractivity contribution in [3.8, 4) is 11.3 Å². The van der Waals surface area contributed by atoms with Gasteiger partial charge in [0, 0.05) is 28.5 Å². The summed E-state index contributed by atoms with van der Waals surface area (Å²) < 4.78 is 6.51. The van der Waals surface area contributed by atoms with E-state index in [1.807, 2.05) is 36.6 Å². The molecule has 5 nitrogen and oxygen atoms in total. The molecule has 0 radical (unpaired) electrons. The summed E-state index contributed by atoms with van der Waals surface area (Å²) >= 11 is 4.98. The smallest absolute Gasteiger partial charge is 0.251 e. The number of carbonyl (C=O) groups is 1. The molecule has 2 atom stereocenters. The third-order valence-corrected chi connectivity index (χ3v) is 5.17. The fourth-order valence-corrected chi connectivity index (χ4v) is 3.44. The van der Waals surface area contributed by atoms with Gasteiger partial charge in [-0.2, -0.15) is 0 Å². The first kappa shape index (κ1) is 19.3. The maximum absolute atomic E-state index is 12.2. The molecular weight excluding hydrogens is 414 g/mol. The van der Waals surface area contributed by atoms with Gasteiger partial charge in [-0.3, -0.25) is 4.79 Å². The lowest BCUT2D eigenvalue weighted by Crippen LogP contribution is -2.48. The number of hydrogen-bond acceptors (Lipinski definition) is 5. The number of rotatable bonds is 4. The molecule has 1 aromatic carbocycles. The van der Waals surface area contributed by atoms with E-state index in [4.69, 9.17) is 4.74 Å². The molecule has 1 aliphatic heterocycles. The van der Waals surface area contributed by atoms with Crippen molar-refractivity contribution in [3.63, 3.8) is 0 Å². The van der Waals surface area contributed by atoms with Crippen molar-refractivity contribution in [2.45, 2.75) is 19.1 Å². The van der Waals surface area contributed by atoms with Gasteiger partial charge in [-0.05, 0) is 19.1 Å². The third-order valence-electron chi connectivity index (χ3n) is 3.61. The van der Waals surface area contributed by atoms with Gasteiger partial charge in [-0.1, -0.05) is 28.1 Å². The van der Waals surface area contributed by atoms with Crippen molar-refractivity contribution in [3.05, 3.63) is 39.1 Å². The molecule has 2 unspecified atom stereocenters. The maximum Gasteiger partial charge on any atom is 0.251 e. The van der Waals surface area contributed by atoms with E-state index in [9.17, 15) is 4.79 Å². The second-order valence-corrected chi connectivity index (χ2v) is 7.18. The highest BCUT2D eigenvalue weighted by atomic mass is 79.9. The summed E-state index contributed by atoms with van der Waals surface area (Å²) in [7, 11) is 0. The van der Waals surface area contributed by atoms with Crippen molar-refractivity contribution in [2.75, 3.05) is 19.7 Å². The second-order valence-electron chi connectivity index (χ2n) is 5.37. The number of carbonyl (C=O) groups excluding carboxylic acids is 1. The zero-order valence-electron chi connectivity index (χ0n) is 13.1. The number of hydrogen-bond donors (Lipinski definition) is 2. The molecule has 1 fully saturated rings. The summed E-state index contributed by atoms with van der Waals surface area (Å²) in [5.74, 6) is -0.0925. The summed E-state index contributed by atoms with van der Waals surface area (Å²) in [4.78, 5) is 16.8. The van der Waals surface area contributed by atoms with Gasteiger partial charge in [0.25, 0.3) is 5.91 Å². The summed E-state index contributed by atoms with van der Waals surface area (Å²) in [6, 6.07) is 7.89. The molecule has 0 bridgehead atoms. The first-order valence-electron chi connectivity index (χ1n) is 7.47. The monoisotopic (exact) mass is 431 g/mol. The Hall–Kier alpha value is -0.990. The van der Waals surface area contributed by atoms with Gasteiger partial charge in [-0.25, -0.2) is 4.98 Å². The Morgan fingerprint density at radius 2 is 2.21 bits per heavy atom. The molecule has 8 heteroatoms. The average Bonchev–Trinajstić information content (AvgIpc) is 3.06. The fraction of sp³-hybridized carbons (Fsp3) is 0.375. The van der Waals surface area contributed by atoms with Crippen LogP contribution in [-0.4, -0.2) is 36.7 Å². The molecule has 130 valence electrons. The SMILES string of the molecule is CC(NC(=O)C1CNCCO1)c1nc(-c2ccc(Br)cc2)cs1.Cl. The number of thiazole rings is 1. The van der Waals surface area contributed by atoms with Gasteiger partial charge in [0.1, 0.15) is 11.1 Å². The molecule has 1 amide bonds. The Morgan fingerprint density at radius 3 is 2.88 bits per heavy atom. The molecule has 1 saturated heterocycles. The van der Waals surface area contributed by atoms with E-state index >= 15 is 0 Å². The lowest BCUT2D eigenvalue weighted by molar-refractivity contribution is -0.134. The van der Waals surface area contributed by atoms with Crippen LogP contribution in [0, 0.1) is 0 Å². The molecule has 24 heavy (non-hydrogen) atoms. The van der Waals surface area contributed by atoms with Crippen molar-refractivity contribution in [2.24, 2.45) is 0 Å². The van der Waals surface area contributed by atoms with Crippen molar-refractivity contribution in [1.29, 1.82) is 0 Å². The van der Waals surface area contributed by atoms with E-state index in [-0.39, 0.29) is 24.4 Å². The van der Waals surface area contributed by atoms with Crippen LogP contribution in [0.4, 0.5) is 0 Å². The van der Waals surface area contributed by atoms with E-state index in [1.165, 1.54) is 0 Å². The van der Waals surface area contributed by atoms with Gasteiger partial charge in [0.2, 0.25) is 0 Å². The Morgan fingerprint density at radius 1 is 1.46 bits per heavy atom. The molecule has 2 heterocycles. The van der Waals surface area contributed by atoms with E-state index in [2.05, 4.69) is 31.5 Å². The van der Waals surface area contributed by atoms with Gasteiger partial charge in [-0.15, -0.1) is 23.7 Å². The highest BCUT2D eigenvalue weighted by Crippen LogP contribution is 2.26. The largest absolute Gasteiger partial charge is 0.366 e. The van der Waals surface area contributed by atoms with E-state index < -0.39 is 6.10 Å². The number of amides is 1. The molecule has 3 rings (SSSR count). The predicted molar refractivity (Wildman–Crippen MR) is 102 cm³/mol. The Balaban J connectivity index is 0.00000208. The molecule has 2 N–H and O–H groups in total. The zero-order chi connectivity index (χ0) is 16.2. The minimum atomic E-state index is -0.419. The van der Waals surface area contributed by atoms with Crippen LogP contribution < -0.4 is 10.6 Å². The zero-order valence-corrected chi connectivity index (χ0v) is 16.3. The highest BCUT2D eigenvalue weighted by molar-refractivity contribution is 9.10. The van der Waals surface area contributed by atoms with Crippen LogP contribution in [0.15, 0.2) is 34.1 Å². The first-order chi connectivity index (χ1) is 11.1. The molecule has 0 spiro atoms. The maximum atomic E-state index is 12.2. The minimum Gasteiger partial charge on any atom is -0.366 e. The molecule has 0 aliphatic carbocycles. The normalized spacial score (nSPS) is 18.5.